The molecule has 1 heterocycles. The van der Waals surface area contributed by atoms with Crippen molar-refractivity contribution in [3.8, 4) is 0 Å². The number of unbranched alkanes of at least 4 members (excludes halogenated alkanes) is 31. The van der Waals surface area contributed by atoms with Gasteiger partial charge in [0.15, 0.2) is 0 Å². The summed E-state index contributed by atoms with van der Waals surface area (Å²) in [6.07, 6.45) is 55.9. The van der Waals surface area contributed by atoms with E-state index in [4.69, 9.17) is 0 Å². The maximum atomic E-state index is 2.72. The lowest BCUT2D eigenvalue weighted by Crippen LogP contribution is -2.39. The predicted octanol–water partition coefficient (Wildman–Crippen LogP) is 15.1. The van der Waals surface area contributed by atoms with Crippen LogP contribution >= 0.6 is 0 Å². The summed E-state index contributed by atoms with van der Waals surface area (Å²) in [5, 5.41) is 0. The topological polar surface area (TPSA) is 6.48 Å². The first-order chi connectivity index (χ1) is 22.3. The first-order valence-corrected chi connectivity index (χ1v) is 21.5. The van der Waals surface area contributed by atoms with Crippen LogP contribution in [0.4, 0.5) is 0 Å². The fraction of sp³-hybridized carbons (Fsp3) is 0.953. The Hall–Kier alpha value is -0.660. The van der Waals surface area contributed by atoms with Gasteiger partial charge in [-0.25, -0.2) is 0 Å². The summed E-state index contributed by atoms with van der Waals surface area (Å²) in [7, 11) is 0. The van der Waals surface area contributed by atoms with Gasteiger partial charge in [0.25, 0.3) is 0 Å². The summed E-state index contributed by atoms with van der Waals surface area (Å²) in [5.74, 6) is 0. The molecule has 1 aliphatic heterocycles. The van der Waals surface area contributed by atoms with E-state index in [-0.39, 0.29) is 0 Å². The molecule has 0 radical (unpaired) electrons. The molecular formula is C43H86N2. The van der Waals surface area contributed by atoms with E-state index in [1.54, 1.807) is 0 Å². The third kappa shape index (κ3) is 27.0. The van der Waals surface area contributed by atoms with E-state index in [2.05, 4.69) is 43.0 Å². The van der Waals surface area contributed by atoms with E-state index in [0.717, 1.165) is 0 Å². The minimum absolute atomic E-state index is 0.639. The van der Waals surface area contributed by atoms with E-state index >= 15 is 0 Å². The second-order valence-corrected chi connectivity index (χ2v) is 15.0. The summed E-state index contributed by atoms with van der Waals surface area (Å²) in [6, 6.07) is 0. The van der Waals surface area contributed by atoms with E-state index in [1.807, 2.05) is 0 Å². The first kappa shape index (κ1) is 42.4. The van der Waals surface area contributed by atoms with Gasteiger partial charge in [-0.2, -0.15) is 0 Å². The molecule has 0 aromatic carbocycles. The van der Waals surface area contributed by atoms with Gasteiger partial charge in [-0.1, -0.05) is 220 Å². The number of rotatable bonds is 37. The maximum Gasteiger partial charge on any atom is 0.101 e. The van der Waals surface area contributed by atoms with Crippen LogP contribution in [0.3, 0.4) is 0 Å². The molecule has 0 N–H and O–H groups in total. The van der Waals surface area contributed by atoms with Crippen LogP contribution in [0.5, 0.6) is 0 Å². The summed E-state index contributed by atoms with van der Waals surface area (Å²) in [4.78, 5) is 5.45. The molecule has 45 heavy (non-hydrogen) atoms. The van der Waals surface area contributed by atoms with Crippen LogP contribution in [-0.4, -0.2) is 29.1 Å². The van der Waals surface area contributed by atoms with Crippen molar-refractivity contribution in [1.82, 2.24) is 9.80 Å². The predicted molar refractivity (Wildman–Crippen MR) is 205 cm³/mol. The van der Waals surface area contributed by atoms with Crippen molar-refractivity contribution in [2.75, 3.05) is 13.1 Å². The Morgan fingerprint density at radius 1 is 0.289 bits per heavy atom. The standard InChI is InChI=1S/C43H86N2/c1-4-7-10-13-16-19-21-22-23-24-25-27-29-32-35-38-43-44(39-36-33-30-18-15-12-9-6-3)41-42-45(43)40-37-34-31-28-26-20-17-14-11-8-5-2/h41-43H,4-40H2,1-3H3. The summed E-state index contributed by atoms with van der Waals surface area (Å²) < 4.78 is 0. The van der Waals surface area contributed by atoms with Gasteiger partial charge in [-0.3, -0.25) is 0 Å². The largest absolute Gasteiger partial charge is 0.356 e. The molecule has 268 valence electrons. The van der Waals surface area contributed by atoms with Gasteiger partial charge in [0, 0.05) is 25.5 Å². The van der Waals surface area contributed by atoms with Crippen LogP contribution < -0.4 is 0 Å². The molecule has 0 aromatic rings. The Morgan fingerprint density at radius 2 is 0.511 bits per heavy atom. The highest BCUT2D eigenvalue weighted by atomic mass is 15.4. The van der Waals surface area contributed by atoms with E-state index in [1.165, 1.54) is 238 Å². The maximum absolute atomic E-state index is 2.72. The van der Waals surface area contributed by atoms with Crippen molar-refractivity contribution < 1.29 is 0 Å². The molecule has 0 aromatic heterocycles. The Labute approximate surface area is 286 Å². The molecule has 0 bridgehead atoms. The lowest BCUT2D eigenvalue weighted by atomic mass is 10.0. The van der Waals surface area contributed by atoms with Gasteiger partial charge in [-0.05, 0) is 25.7 Å². The molecule has 1 unspecified atom stereocenters. The number of nitrogens with zero attached hydrogens (tertiary/aromatic N) is 2. The highest BCUT2D eigenvalue weighted by Gasteiger charge is 2.24. The zero-order valence-electron chi connectivity index (χ0n) is 31.8. The van der Waals surface area contributed by atoms with Crippen LogP contribution in [0.25, 0.3) is 0 Å². The average Bonchev–Trinajstić information content (AvgIpc) is 3.43. The van der Waals surface area contributed by atoms with Gasteiger partial charge in [0.1, 0.15) is 6.17 Å². The van der Waals surface area contributed by atoms with E-state index < -0.39 is 0 Å². The highest BCUT2D eigenvalue weighted by Crippen LogP contribution is 2.24. The second kappa shape index (κ2) is 34.7. The minimum atomic E-state index is 0.639. The number of hydrogen-bond donors (Lipinski definition) is 0. The fourth-order valence-electron chi connectivity index (χ4n) is 7.42. The Balaban J connectivity index is 2.19. The Morgan fingerprint density at radius 3 is 0.778 bits per heavy atom. The average molecular weight is 631 g/mol. The van der Waals surface area contributed by atoms with Crippen molar-refractivity contribution >= 4 is 0 Å². The van der Waals surface area contributed by atoms with Gasteiger partial charge in [0.2, 0.25) is 0 Å². The molecule has 0 spiro atoms. The third-order valence-electron chi connectivity index (χ3n) is 10.6. The monoisotopic (exact) mass is 631 g/mol. The summed E-state index contributed by atoms with van der Waals surface area (Å²) in [6.45, 7) is 9.48. The lowest BCUT2D eigenvalue weighted by Gasteiger charge is -2.33. The van der Waals surface area contributed by atoms with Crippen molar-refractivity contribution in [1.29, 1.82) is 0 Å². The van der Waals surface area contributed by atoms with Crippen molar-refractivity contribution in [2.24, 2.45) is 0 Å². The molecule has 1 aliphatic rings. The van der Waals surface area contributed by atoms with Crippen LogP contribution in [0.15, 0.2) is 12.4 Å². The van der Waals surface area contributed by atoms with Crippen LogP contribution in [0.1, 0.15) is 245 Å². The van der Waals surface area contributed by atoms with Gasteiger partial charge in [-0.15, -0.1) is 0 Å². The third-order valence-corrected chi connectivity index (χ3v) is 10.6. The SMILES string of the molecule is CCCCCCCCCCCCCCCCCC1N(CCCCCCCCCC)C=CN1CCCCCCCCCCCCC. The smallest absolute Gasteiger partial charge is 0.101 e. The molecule has 0 amide bonds. The minimum Gasteiger partial charge on any atom is -0.356 e. The second-order valence-electron chi connectivity index (χ2n) is 15.0. The highest BCUT2D eigenvalue weighted by molar-refractivity contribution is 4.97. The Bertz CT molecular complexity index is 586. The van der Waals surface area contributed by atoms with Crippen LogP contribution in [0.2, 0.25) is 0 Å². The molecule has 0 saturated heterocycles. The van der Waals surface area contributed by atoms with Gasteiger partial charge in [0.05, 0.1) is 0 Å². The van der Waals surface area contributed by atoms with Gasteiger partial charge >= 0.3 is 0 Å². The molecule has 0 aliphatic carbocycles. The van der Waals surface area contributed by atoms with Crippen molar-refractivity contribution in [3.63, 3.8) is 0 Å². The van der Waals surface area contributed by atoms with E-state index in [9.17, 15) is 0 Å². The van der Waals surface area contributed by atoms with Crippen LogP contribution in [0, 0.1) is 0 Å². The molecule has 2 heteroatoms. The Kier molecular flexibility index (Phi) is 32.6. The first-order valence-electron chi connectivity index (χ1n) is 21.5. The molecular weight excluding hydrogens is 544 g/mol. The quantitative estimate of drug-likeness (QED) is 0.0630. The van der Waals surface area contributed by atoms with Crippen molar-refractivity contribution in [2.45, 2.75) is 252 Å². The van der Waals surface area contributed by atoms with E-state index in [0.29, 0.717) is 6.17 Å². The molecule has 0 fully saturated rings. The fourth-order valence-corrected chi connectivity index (χ4v) is 7.42. The normalized spacial score (nSPS) is 14.8. The molecule has 2 nitrogen and oxygen atoms in total. The summed E-state index contributed by atoms with van der Waals surface area (Å²) in [5.41, 5.74) is 0. The van der Waals surface area contributed by atoms with Gasteiger partial charge < -0.3 is 9.80 Å². The molecule has 1 rings (SSSR count). The lowest BCUT2D eigenvalue weighted by molar-refractivity contribution is 0.135. The zero-order valence-corrected chi connectivity index (χ0v) is 31.8. The zero-order chi connectivity index (χ0) is 32.3. The number of hydrogen-bond acceptors (Lipinski definition) is 2. The summed E-state index contributed by atoms with van der Waals surface area (Å²) >= 11 is 0. The van der Waals surface area contributed by atoms with Crippen molar-refractivity contribution in [3.05, 3.63) is 12.4 Å². The molecule has 1 atom stereocenters. The van der Waals surface area contributed by atoms with Crippen LogP contribution in [-0.2, 0) is 0 Å². The molecule has 0 saturated carbocycles.